The van der Waals surface area contributed by atoms with Gasteiger partial charge < -0.3 is 15.7 Å². The topological polar surface area (TPSA) is 158 Å². The summed E-state index contributed by atoms with van der Waals surface area (Å²) < 4.78 is 33.0. The molecule has 0 unspecified atom stereocenters. The number of hydrogen-bond donors (Lipinski definition) is 5. The number of carbonyl (C=O) groups is 2. The summed E-state index contributed by atoms with van der Waals surface area (Å²) in [6.45, 7) is 4.04. The molecule has 36 heavy (non-hydrogen) atoms. The number of aromatic nitrogens is 1. The summed E-state index contributed by atoms with van der Waals surface area (Å²) >= 11 is 1.48. The van der Waals surface area contributed by atoms with Crippen LogP contribution in [0.15, 0.2) is 60.0 Å². The van der Waals surface area contributed by atoms with Crippen molar-refractivity contribution in [2.45, 2.75) is 44.7 Å². The number of nitrogens with zero attached hydrogens (tertiary/aromatic N) is 1. The predicted molar refractivity (Wildman–Crippen MR) is 137 cm³/mol. The van der Waals surface area contributed by atoms with Crippen LogP contribution in [0, 0.1) is 0 Å². The standard InChI is InChI=1S/C24H28N4O6S2/c1-15(2)23-26-21(14-35-23)19(12-17-8-10-18(11-9-17)28-36(32,33)34)25-22(29)20(27-24(30)31)13-16-6-4-3-5-7-16/h3-11,14-15,19-20,27-28H,12-13H2,1-2H3,(H,25,29)(H,30,31)(H,32,33,34)/t19-,20-/m0/s1. The van der Waals surface area contributed by atoms with E-state index in [4.69, 9.17) is 4.55 Å². The number of rotatable bonds is 11. The van der Waals surface area contributed by atoms with E-state index in [0.717, 1.165) is 16.1 Å². The zero-order chi connectivity index (χ0) is 26.3. The molecule has 0 spiro atoms. The number of anilines is 1. The Bertz CT molecular complexity index is 1280. The Morgan fingerprint density at radius 3 is 2.17 bits per heavy atom. The van der Waals surface area contributed by atoms with Gasteiger partial charge in [-0.1, -0.05) is 56.3 Å². The summed E-state index contributed by atoms with van der Waals surface area (Å²) in [5.74, 6) is -0.291. The summed E-state index contributed by atoms with van der Waals surface area (Å²) in [6.07, 6.45) is -0.805. The molecule has 5 N–H and O–H groups in total. The van der Waals surface area contributed by atoms with Crippen molar-refractivity contribution in [2.24, 2.45) is 0 Å². The average Bonchev–Trinajstić information content (AvgIpc) is 3.29. The Labute approximate surface area is 213 Å². The lowest BCUT2D eigenvalue weighted by Gasteiger charge is -2.22. The van der Waals surface area contributed by atoms with Crippen molar-refractivity contribution in [3.63, 3.8) is 0 Å². The highest BCUT2D eigenvalue weighted by atomic mass is 32.2. The molecule has 0 aliphatic carbocycles. The fourth-order valence-corrected chi connectivity index (χ4v) is 4.85. The second-order valence-corrected chi connectivity index (χ2v) is 10.5. The number of carbonyl (C=O) groups excluding carboxylic acids is 1. The quantitative estimate of drug-likeness (QED) is 0.235. The SMILES string of the molecule is CC(C)c1nc([C@H](Cc2ccc(NS(=O)(=O)O)cc2)NC(=O)[C@H](Cc2ccccc2)NC(=O)O)cs1. The summed E-state index contributed by atoms with van der Waals surface area (Å²) in [6, 6.07) is 13.8. The zero-order valence-electron chi connectivity index (χ0n) is 19.7. The Morgan fingerprint density at radius 2 is 1.61 bits per heavy atom. The number of benzene rings is 2. The number of nitrogens with one attached hydrogen (secondary N) is 3. The van der Waals surface area contributed by atoms with Gasteiger partial charge in [0.1, 0.15) is 6.04 Å². The third-order valence-electron chi connectivity index (χ3n) is 5.24. The minimum absolute atomic E-state index is 0.177. The fourth-order valence-electron chi connectivity index (χ4n) is 3.53. The van der Waals surface area contributed by atoms with E-state index in [-0.39, 0.29) is 18.0 Å². The molecule has 2 aromatic carbocycles. The highest BCUT2D eigenvalue weighted by Gasteiger charge is 2.26. The predicted octanol–water partition coefficient (Wildman–Crippen LogP) is 3.76. The molecule has 2 amide bonds. The molecule has 2 atom stereocenters. The van der Waals surface area contributed by atoms with Gasteiger partial charge in [-0.05, 0) is 29.7 Å². The van der Waals surface area contributed by atoms with Gasteiger partial charge in [-0.2, -0.15) is 8.42 Å². The van der Waals surface area contributed by atoms with Crippen LogP contribution in [0.1, 0.15) is 47.6 Å². The van der Waals surface area contributed by atoms with Gasteiger partial charge in [0.2, 0.25) is 5.91 Å². The number of amides is 2. The molecule has 0 radical (unpaired) electrons. The molecule has 0 bridgehead atoms. The largest absolute Gasteiger partial charge is 0.465 e. The molecule has 0 aliphatic rings. The fraction of sp³-hybridized carbons (Fsp3) is 0.292. The van der Waals surface area contributed by atoms with Crippen LogP contribution in [0.3, 0.4) is 0 Å². The molecular weight excluding hydrogens is 504 g/mol. The van der Waals surface area contributed by atoms with E-state index in [1.165, 1.54) is 23.5 Å². The first-order chi connectivity index (χ1) is 17.0. The minimum atomic E-state index is -4.39. The van der Waals surface area contributed by atoms with Crippen LogP contribution in [-0.2, 0) is 27.9 Å². The number of thiazole rings is 1. The van der Waals surface area contributed by atoms with E-state index < -0.39 is 34.4 Å². The maximum Gasteiger partial charge on any atom is 0.405 e. The second-order valence-electron chi connectivity index (χ2n) is 8.50. The Morgan fingerprint density at radius 1 is 0.972 bits per heavy atom. The van der Waals surface area contributed by atoms with E-state index in [1.807, 2.05) is 54.3 Å². The van der Waals surface area contributed by atoms with Gasteiger partial charge in [-0.3, -0.25) is 14.1 Å². The van der Waals surface area contributed by atoms with Gasteiger partial charge in [-0.25, -0.2) is 9.78 Å². The monoisotopic (exact) mass is 532 g/mol. The molecular formula is C24H28N4O6S2. The summed E-state index contributed by atoms with van der Waals surface area (Å²) in [5, 5.41) is 17.3. The summed E-state index contributed by atoms with van der Waals surface area (Å²) in [5.41, 5.74) is 2.41. The molecule has 1 heterocycles. The lowest BCUT2D eigenvalue weighted by atomic mass is 10.0. The van der Waals surface area contributed by atoms with Gasteiger partial charge in [0, 0.05) is 17.7 Å². The number of hydrogen-bond acceptors (Lipinski definition) is 6. The molecule has 12 heteroatoms. The Hall–Kier alpha value is -3.48. The van der Waals surface area contributed by atoms with Gasteiger partial charge in [-0.15, -0.1) is 11.3 Å². The van der Waals surface area contributed by atoms with Crippen molar-refractivity contribution in [3.8, 4) is 0 Å². The Balaban J connectivity index is 1.84. The average molecular weight is 533 g/mol. The van der Waals surface area contributed by atoms with Crippen molar-refractivity contribution in [2.75, 3.05) is 4.72 Å². The normalized spacial score (nSPS) is 13.1. The van der Waals surface area contributed by atoms with Crippen molar-refractivity contribution >= 4 is 39.3 Å². The molecule has 10 nitrogen and oxygen atoms in total. The smallest absolute Gasteiger partial charge is 0.405 e. The molecule has 3 aromatic rings. The van der Waals surface area contributed by atoms with Gasteiger partial charge in [0.05, 0.1) is 22.4 Å². The van der Waals surface area contributed by atoms with Crippen LogP contribution < -0.4 is 15.4 Å². The van der Waals surface area contributed by atoms with Gasteiger partial charge in [0.15, 0.2) is 0 Å². The van der Waals surface area contributed by atoms with Crippen LogP contribution >= 0.6 is 11.3 Å². The zero-order valence-corrected chi connectivity index (χ0v) is 21.3. The highest BCUT2D eigenvalue weighted by molar-refractivity contribution is 7.87. The van der Waals surface area contributed by atoms with Gasteiger partial charge in [0.25, 0.3) is 0 Å². The van der Waals surface area contributed by atoms with Crippen molar-refractivity contribution in [1.29, 1.82) is 0 Å². The van der Waals surface area contributed by atoms with Crippen LogP contribution in [-0.4, -0.2) is 41.1 Å². The number of carboxylic acid groups (broad SMARTS) is 1. The second kappa shape index (κ2) is 12.0. The summed E-state index contributed by atoms with van der Waals surface area (Å²) in [4.78, 5) is 29.3. The van der Waals surface area contributed by atoms with Crippen molar-refractivity contribution < 1.29 is 27.7 Å². The maximum atomic E-state index is 13.2. The third kappa shape index (κ3) is 8.33. The molecule has 0 saturated carbocycles. The maximum absolute atomic E-state index is 13.2. The summed E-state index contributed by atoms with van der Waals surface area (Å²) in [7, 11) is -4.39. The van der Waals surface area contributed by atoms with Crippen LogP contribution in [0.4, 0.5) is 10.5 Å². The first kappa shape index (κ1) is 27.1. The van der Waals surface area contributed by atoms with E-state index in [9.17, 15) is 23.1 Å². The highest BCUT2D eigenvalue weighted by Crippen LogP contribution is 2.26. The molecule has 192 valence electrons. The molecule has 3 rings (SSSR count). The Kier molecular flexibility index (Phi) is 9.02. The van der Waals surface area contributed by atoms with E-state index in [0.29, 0.717) is 12.1 Å². The molecule has 0 saturated heterocycles. The molecule has 0 aliphatic heterocycles. The molecule has 0 fully saturated rings. The van der Waals surface area contributed by atoms with Gasteiger partial charge >= 0.3 is 16.4 Å². The first-order valence-electron chi connectivity index (χ1n) is 11.1. The first-order valence-corrected chi connectivity index (χ1v) is 13.5. The van der Waals surface area contributed by atoms with Crippen LogP contribution in [0.25, 0.3) is 0 Å². The third-order valence-corrected chi connectivity index (χ3v) is 6.90. The minimum Gasteiger partial charge on any atom is -0.465 e. The lowest BCUT2D eigenvalue weighted by molar-refractivity contribution is -0.123. The van der Waals surface area contributed by atoms with E-state index in [1.54, 1.807) is 12.1 Å². The van der Waals surface area contributed by atoms with Crippen molar-refractivity contribution in [3.05, 3.63) is 81.8 Å². The molecule has 1 aromatic heterocycles. The van der Waals surface area contributed by atoms with Crippen molar-refractivity contribution in [1.82, 2.24) is 15.6 Å². The lowest BCUT2D eigenvalue weighted by Crippen LogP contribution is -2.48. The van der Waals surface area contributed by atoms with E-state index in [2.05, 4.69) is 15.6 Å². The van der Waals surface area contributed by atoms with E-state index >= 15 is 0 Å². The van der Waals surface area contributed by atoms with Crippen LogP contribution in [0.5, 0.6) is 0 Å². The van der Waals surface area contributed by atoms with Crippen LogP contribution in [0.2, 0.25) is 0 Å².